The van der Waals surface area contributed by atoms with E-state index in [4.69, 9.17) is 5.73 Å². The summed E-state index contributed by atoms with van der Waals surface area (Å²) in [5.41, 5.74) is 5.97. The maximum atomic E-state index is 13.1. The number of hydrogen-bond donors (Lipinski definition) is 1. The number of primary amides is 1. The zero-order chi connectivity index (χ0) is 19.1. The van der Waals surface area contributed by atoms with Crippen molar-refractivity contribution in [2.24, 2.45) is 10.8 Å². The van der Waals surface area contributed by atoms with Crippen LogP contribution >= 0.6 is 0 Å². The van der Waals surface area contributed by atoms with Crippen LogP contribution < -0.4 is 10.7 Å². The normalized spacial score (nSPS) is 24.4. The van der Waals surface area contributed by atoms with Gasteiger partial charge >= 0.3 is 0 Å². The zero-order valence-electron chi connectivity index (χ0n) is 14.1. The maximum Gasteiger partial charge on any atom is 0.270 e. The van der Waals surface area contributed by atoms with Crippen LogP contribution in [0.4, 0.5) is 10.1 Å². The highest BCUT2D eigenvalue weighted by atomic mass is 32.2. The van der Waals surface area contributed by atoms with Gasteiger partial charge in [0.1, 0.15) is 17.6 Å². The minimum absolute atomic E-state index is 0.00928. The second-order valence-electron chi connectivity index (χ2n) is 6.46. The number of hydrogen-bond acceptors (Lipinski definition) is 6. The summed E-state index contributed by atoms with van der Waals surface area (Å²) in [5.74, 6) is -1.57. The fourth-order valence-electron chi connectivity index (χ4n) is 3.14. The molecule has 0 spiro atoms. The highest BCUT2D eigenvalue weighted by Crippen LogP contribution is 2.26. The molecule has 1 aromatic carbocycles. The monoisotopic (exact) mass is 382 g/mol. The number of sulfone groups is 1. The molecule has 2 amide bonds. The molecule has 2 heterocycles. The van der Waals surface area contributed by atoms with Crippen molar-refractivity contribution in [3.63, 3.8) is 0 Å². The lowest BCUT2D eigenvalue weighted by molar-refractivity contribution is -0.124. The van der Waals surface area contributed by atoms with Gasteiger partial charge in [-0.1, -0.05) is 0 Å². The van der Waals surface area contributed by atoms with E-state index in [-0.39, 0.29) is 23.6 Å². The van der Waals surface area contributed by atoms with Crippen LogP contribution in [0, 0.1) is 5.82 Å². The number of halogens is 1. The van der Waals surface area contributed by atoms with Crippen LogP contribution in [0.3, 0.4) is 0 Å². The van der Waals surface area contributed by atoms with Crippen molar-refractivity contribution in [1.82, 2.24) is 4.90 Å². The number of hydrazone groups is 1. The van der Waals surface area contributed by atoms with Crippen LogP contribution in [0.2, 0.25) is 0 Å². The molecule has 0 aliphatic carbocycles. The number of carbonyl (C=O) groups is 2. The van der Waals surface area contributed by atoms with Crippen molar-refractivity contribution in [3.8, 4) is 0 Å². The molecular formula is C16H19FN4O4S. The van der Waals surface area contributed by atoms with E-state index >= 15 is 0 Å². The SMILES string of the molecule is CN(C(=O)C1=NN(c2ccc(F)cc2)[C@H](C(N)=O)C1)[C@H]1CCS(=O)(=O)C1. The predicted molar refractivity (Wildman–Crippen MR) is 93.7 cm³/mol. The lowest BCUT2D eigenvalue weighted by atomic mass is 10.1. The van der Waals surface area contributed by atoms with Gasteiger partial charge in [0, 0.05) is 19.5 Å². The Morgan fingerprint density at radius 1 is 1.31 bits per heavy atom. The number of nitrogens with two attached hydrogens (primary N) is 1. The first-order valence-corrected chi connectivity index (χ1v) is 9.89. The van der Waals surface area contributed by atoms with Crippen molar-refractivity contribution in [2.75, 3.05) is 23.6 Å². The Balaban J connectivity index is 1.83. The van der Waals surface area contributed by atoms with Crippen LogP contribution in [-0.2, 0) is 19.4 Å². The largest absolute Gasteiger partial charge is 0.368 e. The first-order chi connectivity index (χ1) is 12.2. The third-order valence-electron chi connectivity index (χ3n) is 4.65. The molecule has 1 saturated heterocycles. The van der Waals surface area contributed by atoms with E-state index in [9.17, 15) is 22.4 Å². The lowest BCUT2D eigenvalue weighted by Crippen LogP contribution is -2.42. The summed E-state index contributed by atoms with van der Waals surface area (Å²) in [4.78, 5) is 25.8. The average Bonchev–Trinajstić information content (AvgIpc) is 3.18. The van der Waals surface area contributed by atoms with Gasteiger partial charge in [-0.2, -0.15) is 5.10 Å². The zero-order valence-corrected chi connectivity index (χ0v) is 14.9. The molecule has 8 nitrogen and oxygen atoms in total. The second kappa shape index (κ2) is 6.67. The Kier molecular flexibility index (Phi) is 4.70. The fourth-order valence-corrected chi connectivity index (χ4v) is 4.92. The van der Waals surface area contributed by atoms with Crippen molar-refractivity contribution >= 4 is 33.1 Å². The molecule has 2 N–H and O–H groups in total. The number of carbonyl (C=O) groups excluding carboxylic acids is 2. The molecule has 10 heteroatoms. The van der Waals surface area contributed by atoms with Crippen LogP contribution in [0.1, 0.15) is 12.8 Å². The smallest absolute Gasteiger partial charge is 0.270 e. The number of anilines is 1. The van der Waals surface area contributed by atoms with Crippen molar-refractivity contribution in [2.45, 2.75) is 24.9 Å². The van der Waals surface area contributed by atoms with Crippen molar-refractivity contribution in [1.29, 1.82) is 0 Å². The second-order valence-corrected chi connectivity index (χ2v) is 8.69. The Bertz CT molecular complexity index is 869. The van der Waals surface area contributed by atoms with Gasteiger partial charge in [0.25, 0.3) is 5.91 Å². The molecule has 0 saturated carbocycles. The molecule has 0 aromatic heterocycles. The van der Waals surface area contributed by atoms with Crippen LogP contribution in [-0.4, -0.2) is 61.5 Å². The standard InChI is InChI=1S/C16H19FN4O4S/c1-20(12-6-7-26(24,25)9-12)16(23)13-8-14(15(18)22)21(19-13)11-4-2-10(17)3-5-11/h2-5,12,14H,6-9H2,1H3,(H2,18,22)/t12-,14-/m0/s1. The summed E-state index contributed by atoms with van der Waals surface area (Å²) in [5, 5.41) is 5.51. The quantitative estimate of drug-likeness (QED) is 0.781. The predicted octanol–water partition coefficient (Wildman–Crippen LogP) is -0.109. The topological polar surface area (TPSA) is 113 Å². The number of rotatable bonds is 4. The van der Waals surface area contributed by atoms with Crippen LogP contribution in [0.25, 0.3) is 0 Å². The molecule has 0 radical (unpaired) electrons. The summed E-state index contributed by atoms with van der Waals surface area (Å²) < 4.78 is 36.4. The van der Waals surface area contributed by atoms with E-state index in [1.54, 1.807) is 0 Å². The summed E-state index contributed by atoms with van der Waals surface area (Å²) in [6.07, 6.45) is 0.383. The molecule has 26 heavy (non-hydrogen) atoms. The van der Waals surface area contributed by atoms with Gasteiger partial charge in [-0.05, 0) is 30.7 Å². The van der Waals surface area contributed by atoms with E-state index in [1.165, 1.54) is 41.2 Å². The highest BCUT2D eigenvalue weighted by molar-refractivity contribution is 7.91. The Morgan fingerprint density at radius 3 is 2.50 bits per heavy atom. The van der Waals surface area contributed by atoms with Gasteiger partial charge in [0.2, 0.25) is 5.91 Å². The first kappa shape index (κ1) is 18.3. The van der Waals surface area contributed by atoms with Crippen LogP contribution in [0.15, 0.2) is 29.4 Å². The molecular weight excluding hydrogens is 363 g/mol. The molecule has 1 fully saturated rings. The van der Waals surface area contributed by atoms with E-state index < -0.39 is 39.6 Å². The average molecular weight is 382 g/mol. The molecule has 2 atom stereocenters. The molecule has 140 valence electrons. The van der Waals surface area contributed by atoms with Gasteiger partial charge in [-0.15, -0.1) is 0 Å². The summed E-state index contributed by atoms with van der Waals surface area (Å²) in [6.45, 7) is 0. The number of benzene rings is 1. The van der Waals surface area contributed by atoms with Gasteiger partial charge < -0.3 is 10.6 Å². The molecule has 0 bridgehead atoms. The minimum atomic E-state index is -3.13. The molecule has 2 aliphatic rings. The van der Waals surface area contributed by atoms with Gasteiger partial charge in [-0.25, -0.2) is 12.8 Å². The molecule has 2 aliphatic heterocycles. The number of amides is 2. The van der Waals surface area contributed by atoms with Gasteiger partial charge in [-0.3, -0.25) is 14.6 Å². The van der Waals surface area contributed by atoms with Crippen molar-refractivity contribution < 1.29 is 22.4 Å². The lowest BCUT2D eigenvalue weighted by Gasteiger charge is -2.23. The van der Waals surface area contributed by atoms with Crippen molar-refractivity contribution in [3.05, 3.63) is 30.1 Å². The van der Waals surface area contributed by atoms with Gasteiger partial charge in [0.15, 0.2) is 9.84 Å². The van der Waals surface area contributed by atoms with E-state index in [2.05, 4.69) is 5.10 Å². The highest BCUT2D eigenvalue weighted by Gasteiger charge is 2.39. The number of nitrogens with zero attached hydrogens (tertiary/aromatic N) is 3. The summed E-state index contributed by atoms with van der Waals surface area (Å²) >= 11 is 0. The Morgan fingerprint density at radius 2 is 1.96 bits per heavy atom. The third-order valence-corrected chi connectivity index (χ3v) is 6.40. The summed E-state index contributed by atoms with van der Waals surface area (Å²) in [7, 11) is -1.61. The molecule has 3 rings (SSSR count). The van der Waals surface area contributed by atoms with E-state index in [0.717, 1.165) is 0 Å². The van der Waals surface area contributed by atoms with Gasteiger partial charge in [0.05, 0.1) is 17.2 Å². The summed E-state index contributed by atoms with van der Waals surface area (Å²) in [6, 6.07) is 4.05. The third kappa shape index (κ3) is 3.55. The Hall–Kier alpha value is -2.49. The van der Waals surface area contributed by atoms with Crippen LogP contribution in [0.5, 0.6) is 0 Å². The Labute approximate surface area is 150 Å². The fraction of sp³-hybridized carbons (Fsp3) is 0.438. The first-order valence-electron chi connectivity index (χ1n) is 8.07. The van der Waals surface area contributed by atoms with E-state index in [0.29, 0.717) is 12.1 Å². The molecule has 0 unspecified atom stereocenters. The maximum absolute atomic E-state index is 13.1. The molecule has 1 aromatic rings. The van der Waals surface area contributed by atoms with E-state index in [1.807, 2.05) is 0 Å². The minimum Gasteiger partial charge on any atom is -0.368 e.